The van der Waals surface area contributed by atoms with Crippen LogP contribution in [-0.2, 0) is 14.8 Å². The van der Waals surface area contributed by atoms with Crippen molar-refractivity contribution in [3.63, 3.8) is 0 Å². The Bertz CT molecular complexity index is 748. The second-order valence-corrected chi connectivity index (χ2v) is 9.20. The van der Waals surface area contributed by atoms with Crippen LogP contribution in [0, 0.1) is 6.92 Å². The molecule has 0 spiro atoms. The zero-order chi connectivity index (χ0) is 14.9. The molecule has 2 heterocycles. The van der Waals surface area contributed by atoms with Gasteiger partial charge in [-0.2, -0.15) is 0 Å². The van der Waals surface area contributed by atoms with Crippen molar-refractivity contribution in [2.45, 2.75) is 11.1 Å². The fourth-order valence-corrected chi connectivity index (χ4v) is 5.74. The Hall–Kier alpha value is -0.900. The summed E-state index contributed by atoms with van der Waals surface area (Å²) in [6, 6.07) is 4.79. The summed E-state index contributed by atoms with van der Waals surface area (Å²) < 4.78 is 32.3. The van der Waals surface area contributed by atoms with E-state index in [1.165, 1.54) is 13.2 Å². The molecule has 0 aliphatic rings. The number of anilines is 1. The van der Waals surface area contributed by atoms with Gasteiger partial charge in [0, 0.05) is 0 Å². The molecule has 0 unspecified atom stereocenters. The molecule has 20 heavy (non-hydrogen) atoms. The number of carbonyl (C=O) groups is 1. The molecule has 2 rings (SSSR count). The van der Waals surface area contributed by atoms with Gasteiger partial charge in [-0.1, -0.05) is 0 Å². The summed E-state index contributed by atoms with van der Waals surface area (Å²) >= 11 is 5.39. The third-order valence-corrected chi connectivity index (χ3v) is 7.08. The minimum Gasteiger partial charge on any atom is -0.465 e. The van der Waals surface area contributed by atoms with Crippen molar-refractivity contribution < 1.29 is 17.9 Å². The van der Waals surface area contributed by atoms with Crippen molar-refractivity contribution in [3.8, 4) is 0 Å². The van der Waals surface area contributed by atoms with Gasteiger partial charge in [-0.05, 0) is 46.6 Å². The number of methoxy groups -OCH3 is 1. The van der Waals surface area contributed by atoms with Gasteiger partial charge in [-0.15, -0.1) is 22.7 Å². The summed E-state index contributed by atoms with van der Waals surface area (Å²) in [6.45, 7) is 1.72. The molecule has 1 N–H and O–H groups in total. The molecule has 5 nitrogen and oxygen atoms in total. The third-order valence-electron chi connectivity index (χ3n) is 2.34. The maximum Gasteiger partial charge on any atom is 0.348 e. The normalized spacial score (nSPS) is 11.3. The van der Waals surface area contributed by atoms with E-state index >= 15 is 0 Å². The molecule has 0 radical (unpaired) electrons. The van der Waals surface area contributed by atoms with Gasteiger partial charge < -0.3 is 4.74 Å². The van der Waals surface area contributed by atoms with Crippen molar-refractivity contribution in [2.24, 2.45) is 0 Å². The fourth-order valence-electron chi connectivity index (χ4n) is 1.45. The largest absolute Gasteiger partial charge is 0.465 e. The second-order valence-electron chi connectivity index (χ2n) is 3.78. The highest BCUT2D eigenvalue weighted by Crippen LogP contribution is 2.31. The molecule has 9 heteroatoms. The Morgan fingerprint density at radius 1 is 1.35 bits per heavy atom. The lowest BCUT2D eigenvalue weighted by Crippen LogP contribution is -2.10. The number of carbonyl (C=O) groups excluding carboxylic acids is 1. The summed E-state index contributed by atoms with van der Waals surface area (Å²) in [4.78, 5) is 11.9. The average Bonchev–Trinajstić information content (AvgIpc) is 2.95. The Labute approximate surface area is 132 Å². The van der Waals surface area contributed by atoms with E-state index in [-0.39, 0.29) is 4.21 Å². The van der Waals surface area contributed by atoms with Crippen molar-refractivity contribution in [1.82, 2.24) is 0 Å². The minimum absolute atomic E-state index is 0.204. The van der Waals surface area contributed by atoms with Crippen LogP contribution >= 0.6 is 38.6 Å². The van der Waals surface area contributed by atoms with Crippen molar-refractivity contribution in [2.75, 3.05) is 11.8 Å². The highest BCUT2D eigenvalue weighted by Gasteiger charge is 2.20. The molecule has 2 aromatic heterocycles. The number of esters is 1. The van der Waals surface area contributed by atoms with Crippen LogP contribution in [0.1, 0.15) is 15.2 Å². The molecule has 0 fully saturated rings. The van der Waals surface area contributed by atoms with Crippen LogP contribution in [0.4, 0.5) is 5.00 Å². The van der Waals surface area contributed by atoms with Crippen molar-refractivity contribution in [3.05, 3.63) is 32.4 Å². The Balaban J connectivity index is 2.28. The van der Waals surface area contributed by atoms with Gasteiger partial charge in [-0.25, -0.2) is 13.2 Å². The maximum absolute atomic E-state index is 12.1. The fraction of sp³-hybridized carbons (Fsp3) is 0.182. The number of thiophene rings is 2. The van der Waals surface area contributed by atoms with Gasteiger partial charge in [0.1, 0.15) is 14.1 Å². The number of nitrogens with one attached hydrogen (secondary N) is 1. The average molecular weight is 396 g/mol. The number of hydrogen-bond acceptors (Lipinski definition) is 6. The van der Waals surface area contributed by atoms with Gasteiger partial charge >= 0.3 is 5.97 Å². The predicted octanol–water partition coefficient (Wildman–Crippen LogP) is 3.47. The zero-order valence-electron chi connectivity index (χ0n) is 10.5. The first-order valence-electron chi connectivity index (χ1n) is 5.30. The van der Waals surface area contributed by atoms with E-state index in [1.807, 2.05) is 0 Å². The molecular formula is C11H10BrNO4S3. The highest BCUT2D eigenvalue weighted by atomic mass is 79.9. The van der Waals surface area contributed by atoms with E-state index in [0.29, 0.717) is 15.4 Å². The molecule has 2 aromatic rings. The van der Waals surface area contributed by atoms with Crippen LogP contribution in [-0.4, -0.2) is 21.5 Å². The van der Waals surface area contributed by atoms with Crippen LogP contribution < -0.4 is 4.72 Å². The number of halogens is 1. The smallest absolute Gasteiger partial charge is 0.348 e. The Morgan fingerprint density at radius 3 is 2.60 bits per heavy atom. The second kappa shape index (κ2) is 5.84. The minimum atomic E-state index is -3.63. The molecule has 0 aliphatic carbocycles. The number of ether oxygens (including phenoxy) is 1. The number of rotatable bonds is 4. The molecule has 0 saturated carbocycles. The maximum atomic E-state index is 12.1. The van der Waals surface area contributed by atoms with Crippen LogP contribution in [0.25, 0.3) is 0 Å². The molecule has 108 valence electrons. The first-order chi connectivity index (χ1) is 9.33. The van der Waals surface area contributed by atoms with Crippen molar-refractivity contribution in [1.29, 1.82) is 0 Å². The topological polar surface area (TPSA) is 72.5 Å². The van der Waals surface area contributed by atoms with Gasteiger partial charge in [0.2, 0.25) is 0 Å². The lowest BCUT2D eigenvalue weighted by atomic mass is 10.3. The van der Waals surface area contributed by atoms with Gasteiger partial charge in [0.15, 0.2) is 0 Å². The van der Waals surface area contributed by atoms with E-state index in [0.717, 1.165) is 26.5 Å². The van der Waals surface area contributed by atoms with Gasteiger partial charge in [0.05, 0.1) is 10.9 Å². The van der Waals surface area contributed by atoms with E-state index in [2.05, 4.69) is 25.4 Å². The van der Waals surface area contributed by atoms with E-state index in [1.54, 1.807) is 19.1 Å². The van der Waals surface area contributed by atoms with E-state index in [4.69, 9.17) is 0 Å². The predicted molar refractivity (Wildman–Crippen MR) is 83.2 cm³/mol. The standard InChI is InChI=1S/C11H10BrNO4S3/c1-6-5-8(19-10(6)11(14)17-2)13-20(15,16)9-4-3-7(12)18-9/h3-5,13H,1-2H3. The summed E-state index contributed by atoms with van der Waals surface area (Å²) in [5.74, 6) is -0.475. The summed E-state index contributed by atoms with van der Waals surface area (Å²) in [5, 5.41) is 0.382. The van der Waals surface area contributed by atoms with Crippen LogP contribution in [0.2, 0.25) is 0 Å². The first-order valence-corrected chi connectivity index (χ1v) is 9.21. The summed E-state index contributed by atoms with van der Waals surface area (Å²) in [5.41, 5.74) is 0.673. The Kier molecular flexibility index (Phi) is 4.52. The lowest BCUT2D eigenvalue weighted by Gasteiger charge is -2.02. The molecule has 0 aromatic carbocycles. The van der Waals surface area contributed by atoms with Crippen LogP contribution in [0.3, 0.4) is 0 Å². The highest BCUT2D eigenvalue weighted by molar-refractivity contribution is 9.11. The molecular weight excluding hydrogens is 386 g/mol. The SMILES string of the molecule is COC(=O)c1sc(NS(=O)(=O)c2ccc(Br)s2)cc1C. The molecule has 0 atom stereocenters. The van der Waals surface area contributed by atoms with E-state index in [9.17, 15) is 13.2 Å². The van der Waals surface area contributed by atoms with Gasteiger partial charge in [0.25, 0.3) is 10.0 Å². The van der Waals surface area contributed by atoms with Crippen LogP contribution in [0.5, 0.6) is 0 Å². The molecule has 0 bridgehead atoms. The molecule has 0 aliphatic heterocycles. The summed E-state index contributed by atoms with van der Waals surface area (Å²) in [7, 11) is -2.35. The number of hydrogen-bond donors (Lipinski definition) is 1. The Morgan fingerprint density at radius 2 is 2.05 bits per heavy atom. The van der Waals surface area contributed by atoms with Gasteiger partial charge in [-0.3, -0.25) is 4.72 Å². The van der Waals surface area contributed by atoms with Crippen molar-refractivity contribution >= 4 is 59.6 Å². The third kappa shape index (κ3) is 3.22. The van der Waals surface area contributed by atoms with E-state index < -0.39 is 16.0 Å². The van der Waals surface area contributed by atoms with Crippen LogP contribution in [0.15, 0.2) is 26.2 Å². The quantitative estimate of drug-likeness (QED) is 0.804. The monoisotopic (exact) mass is 395 g/mol. The molecule has 0 saturated heterocycles. The lowest BCUT2D eigenvalue weighted by molar-refractivity contribution is 0.0605. The zero-order valence-corrected chi connectivity index (χ0v) is 14.5. The number of sulfonamides is 1. The number of aryl methyl sites for hydroxylation is 1. The molecule has 0 amide bonds. The first kappa shape index (κ1) is 15.5. The summed E-state index contributed by atoms with van der Waals surface area (Å²) in [6.07, 6.45) is 0.